The summed E-state index contributed by atoms with van der Waals surface area (Å²) < 4.78 is 5.81. The molecule has 170 valence electrons. The molecular formula is C20H38N2O6S. The Labute approximate surface area is 178 Å². The Morgan fingerprint density at radius 3 is 2.45 bits per heavy atom. The van der Waals surface area contributed by atoms with Crippen molar-refractivity contribution in [2.75, 3.05) is 18.8 Å². The normalized spacial score (nSPS) is 38.0. The first-order valence-corrected chi connectivity index (χ1v) is 11.8. The Morgan fingerprint density at radius 1 is 1.21 bits per heavy atom. The number of hydrogen-bond acceptors (Lipinski definition) is 8. The number of nitrogens with one attached hydrogen (secondary N) is 1. The number of amides is 1. The van der Waals surface area contributed by atoms with Crippen molar-refractivity contribution in [2.45, 2.75) is 89.1 Å². The molecule has 1 amide bonds. The van der Waals surface area contributed by atoms with Gasteiger partial charge in [-0.2, -0.15) is 0 Å². The molecule has 0 radical (unpaired) electrons. The minimum atomic E-state index is -1.47. The van der Waals surface area contributed by atoms with E-state index < -0.39 is 47.8 Å². The fourth-order valence-electron chi connectivity index (χ4n) is 4.49. The van der Waals surface area contributed by atoms with Gasteiger partial charge in [0.25, 0.3) is 0 Å². The van der Waals surface area contributed by atoms with Crippen molar-refractivity contribution in [3.05, 3.63) is 0 Å². The van der Waals surface area contributed by atoms with Crippen molar-refractivity contribution in [2.24, 2.45) is 11.8 Å². The fourth-order valence-corrected chi connectivity index (χ4v) is 5.38. The van der Waals surface area contributed by atoms with Crippen LogP contribution in [-0.2, 0) is 9.53 Å². The quantitative estimate of drug-likeness (QED) is 0.347. The largest absolute Gasteiger partial charge is 0.392 e. The summed E-state index contributed by atoms with van der Waals surface area (Å²) in [5, 5.41) is 44.3. The van der Waals surface area contributed by atoms with E-state index in [1.807, 2.05) is 6.92 Å². The van der Waals surface area contributed by atoms with Crippen LogP contribution in [0.25, 0.3) is 0 Å². The van der Waals surface area contributed by atoms with Crippen LogP contribution in [0.4, 0.5) is 0 Å². The van der Waals surface area contributed by atoms with Gasteiger partial charge in [0.1, 0.15) is 29.9 Å². The van der Waals surface area contributed by atoms with Crippen LogP contribution >= 0.6 is 11.8 Å². The molecule has 2 aliphatic rings. The Hall–Kier alpha value is -0.420. The van der Waals surface area contributed by atoms with Crippen LogP contribution in [0.1, 0.15) is 47.0 Å². The van der Waals surface area contributed by atoms with E-state index in [1.165, 1.54) is 18.7 Å². The number of ether oxygens (including phenoxy) is 1. The fraction of sp³-hybridized carbons (Fsp3) is 0.950. The summed E-state index contributed by atoms with van der Waals surface area (Å²) in [5.74, 6) is -0.312. The van der Waals surface area contributed by atoms with E-state index in [0.717, 1.165) is 32.4 Å². The molecule has 0 aromatic carbocycles. The van der Waals surface area contributed by atoms with Crippen molar-refractivity contribution < 1.29 is 30.0 Å². The highest BCUT2D eigenvalue weighted by molar-refractivity contribution is 7.99. The lowest BCUT2D eigenvalue weighted by atomic mass is 9.86. The second-order valence-electron chi connectivity index (χ2n) is 8.16. The molecule has 8 nitrogen and oxygen atoms in total. The Kier molecular flexibility index (Phi) is 9.66. The SMILES string of the molecule is CCCC1CC(NC(=O)C(C(C)O)C2OC(SCC)C(O)C(O)C2O)N(CC)C1. The van der Waals surface area contributed by atoms with E-state index in [0.29, 0.717) is 11.7 Å². The van der Waals surface area contributed by atoms with Gasteiger partial charge in [-0.1, -0.05) is 27.2 Å². The van der Waals surface area contributed by atoms with Crippen LogP contribution in [0.5, 0.6) is 0 Å². The number of carbonyl (C=O) groups excluding carboxylic acids is 1. The number of carbonyl (C=O) groups is 1. The number of nitrogens with zero attached hydrogens (tertiary/aromatic N) is 1. The van der Waals surface area contributed by atoms with Crippen molar-refractivity contribution in [3.63, 3.8) is 0 Å². The number of rotatable bonds is 9. The molecule has 9 heteroatoms. The van der Waals surface area contributed by atoms with Crippen LogP contribution in [0.2, 0.25) is 0 Å². The second-order valence-corrected chi connectivity index (χ2v) is 9.54. The molecule has 2 saturated heterocycles. The molecule has 0 saturated carbocycles. The minimum Gasteiger partial charge on any atom is -0.392 e. The minimum absolute atomic E-state index is 0.123. The van der Waals surface area contributed by atoms with Crippen LogP contribution in [0.15, 0.2) is 0 Å². The van der Waals surface area contributed by atoms with E-state index in [4.69, 9.17) is 4.74 Å². The molecule has 2 rings (SSSR count). The molecule has 2 aliphatic heterocycles. The zero-order chi connectivity index (χ0) is 21.7. The Morgan fingerprint density at radius 2 is 1.90 bits per heavy atom. The van der Waals surface area contributed by atoms with Gasteiger partial charge in [-0.25, -0.2) is 0 Å². The van der Waals surface area contributed by atoms with E-state index >= 15 is 0 Å². The van der Waals surface area contributed by atoms with Gasteiger partial charge in [-0.15, -0.1) is 11.8 Å². The van der Waals surface area contributed by atoms with Gasteiger partial charge < -0.3 is 30.5 Å². The van der Waals surface area contributed by atoms with Crippen molar-refractivity contribution >= 4 is 17.7 Å². The molecule has 0 aromatic rings. The highest BCUT2D eigenvalue weighted by Crippen LogP contribution is 2.33. The predicted octanol–water partition coefficient (Wildman–Crippen LogP) is 0.128. The smallest absolute Gasteiger partial charge is 0.229 e. The zero-order valence-electron chi connectivity index (χ0n) is 17.9. The summed E-state index contributed by atoms with van der Waals surface area (Å²) in [6, 6.07) is 0. The number of aliphatic hydroxyl groups is 4. The summed E-state index contributed by atoms with van der Waals surface area (Å²) in [4.78, 5) is 15.3. The van der Waals surface area contributed by atoms with Crippen LogP contribution in [0.3, 0.4) is 0 Å². The lowest BCUT2D eigenvalue weighted by molar-refractivity contribution is -0.218. The molecule has 0 spiro atoms. The van der Waals surface area contributed by atoms with Gasteiger partial charge in [0.15, 0.2) is 0 Å². The van der Waals surface area contributed by atoms with Gasteiger partial charge in [0.2, 0.25) is 5.91 Å². The van der Waals surface area contributed by atoms with Gasteiger partial charge >= 0.3 is 0 Å². The van der Waals surface area contributed by atoms with Crippen molar-refractivity contribution in [1.82, 2.24) is 10.2 Å². The third-order valence-electron chi connectivity index (χ3n) is 6.02. The first-order chi connectivity index (χ1) is 13.7. The topological polar surface area (TPSA) is 122 Å². The second kappa shape index (κ2) is 11.3. The maximum atomic E-state index is 13.1. The molecule has 2 heterocycles. The lowest BCUT2D eigenvalue weighted by Crippen LogP contribution is -2.62. The first kappa shape index (κ1) is 24.8. The summed E-state index contributed by atoms with van der Waals surface area (Å²) in [7, 11) is 0. The molecule has 0 aromatic heterocycles. The third-order valence-corrected chi connectivity index (χ3v) is 7.07. The number of aliphatic hydroxyl groups excluding tert-OH is 4. The summed E-state index contributed by atoms with van der Waals surface area (Å²) in [6.07, 6.45) is -3.45. The number of hydrogen-bond donors (Lipinski definition) is 5. The monoisotopic (exact) mass is 434 g/mol. The zero-order valence-corrected chi connectivity index (χ0v) is 18.7. The molecule has 29 heavy (non-hydrogen) atoms. The van der Waals surface area contributed by atoms with Gasteiger partial charge in [0, 0.05) is 6.54 Å². The molecule has 9 unspecified atom stereocenters. The molecule has 2 fully saturated rings. The predicted molar refractivity (Wildman–Crippen MR) is 112 cm³/mol. The Balaban J connectivity index is 2.14. The van der Waals surface area contributed by atoms with E-state index in [1.54, 1.807) is 0 Å². The average Bonchev–Trinajstić information content (AvgIpc) is 3.05. The van der Waals surface area contributed by atoms with Crippen molar-refractivity contribution in [1.29, 1.82) is 0 Å². The average molecular weight is 435 g/mol. The van der Waals surface area contributed by atoms with E-state index in [2.05, 4.69) is 24.1 Å². The van der Waals surface area contributed by atoms with Crippen LogP contribution in [-0.4, -0.2) is 92.2 Å². The lowest BCUT2D eigenvalue weighted by Gasteiger charge is -2.43. The summed E-state index contributed by atoms with van der Waals surface area (Å²) in [5.41, 5.74) is -0.773. The highest BCUT2D eigenvalue weighted by atomic mass is 32.2. The highest BCUT2D eigenvalue weighted by Gasteiger charge is 2.50. The van der Waals surface area contributed by atoms with Gasteiger partial charge in [0.05, 0.1) is 18.2 Å². The molecule has 0 aliphatic carbocycles. The molecule has 9 atom stereocenters. The van der Waals surface area contributed by atoms with Crippen LogP contribution < -0.4 is 5.32 Å². The maximum absolute atomic E-state index is 13.1. The van der Waals surface area contributed by atoms with E-state index in [-0.39, 0.29) is 6.17 Å². The summed E-state index contributed by atoms with van der Waals surface area (Å²) in [6.45, 7) is 9.31. The first-order valence-electron chi connectivity index (χ1n) is 10.8. The maximum Gasteiger partial charge on any atom is 0.229 e. The third kappa shape index (κ3) is 5.84. The van der Waals surface area contributed by atoms with E-state index in [9.17, 15) is 25.2 Å². The molecule has 5 N–H and O–H groups in total. The summed E-state index contributed by atoms with van der Waals surface area (Å²) >= 11 is 1.29. The number of thioether (sulfide) groups is 1. The van der Waals surface area contributed by atoms with Gasteiger partial charge in [-0.05, 0) is 38.0 Å². The van der Waals surface area contributed by atoms with Crippen molar-refractivity contribution in [3.8, 4) is 0 Å². The van der Waals surface area contributed by atoms with Crippen LogP contribution in [0, 0.1) is 11.8 Å². The molecule has 0 bridgehead atoms. The molecular weight excluding hydrogens is 396 g/mol. The Bertz CT molecular complexity index is 525. The van der Waals surface area contributed by atoms with Gasteiger partial charge in [-0.3, -0.25) is 9.69 Å². The number of likely N-dealkylation sites (tertiary alicyclic amines) is 1. The standard InChI is InChI=1S/C20H38N2O6S/c1-5-8-12-9-13(22(6-2)10-12)21-19(27)14(11(4)23)18-16(25)15(24)17(26)20(28-18)29-7-3/h11-18,20,23-26H,5-10H2,1-4H3,(H,21,27).